The van der Waals surface area contributed by atoms with Crippen LogP contribution in [0.4, 0.5) is 0 Å². The number of carbonyl (C=O) groups excluding carboxylic acids is 1. The van der Waals surface area contributed by atoms with Crippen LogP contribution in [0, 0.1) is 13.8 Å². The predicted octanol–water partition coefficient (Wildman–Crippen LogP) is 4.56. The third-order valence-corrected chi connectivity index (χ3v) is 4.32. The summed E-state index contributed by atoms with van der Waals surface area (Å²) in [5.74, 6) is -0.293. The Morgan fingerprint density at radius 1 is 1.12 bits per heavy atom. The largest absolute Gasteiger partial charge is 0.318 e. The van der Waals surface area contributed by atoms with Gasteiger partial charge < -0.3 is 4.57 Å². The van der Waals surface area contributed by atoms with Crippen LogP contribution >= 0.6 is 23.2 Å². The molecule has 0 radical (unpaired) electrons. The maximum atomic E-state index is 12.0. The van der Waals surface area contributed by atoms with Gasteiger partial charge in [0.05, 0.1) is 6.21 Å². The number of aromatic nitrogens is 2. The summed E-state index contributed by atoms with van der Waals surface area (Å²) in [7, 11) is 0. The number of carbonyl (C=O) groups is 1. The van der Waals surface area contributed by atoms with E-state index in [0.717, 1.165) is 22.6 Å². The van der Waals surface area contributed by atoms with Crippen molar-refractivity contribution >= 4 is 35.3 Å². The smallest absolute Gasteiger partial charge is 0.271 e. The third-order valence-electron chi connectivity index (χ3n) is 3.89. The van der Waals surface area contributed by atoms with Gasteiger partial charge in [0, 0.05) is 50.6 Å². The van der Waals surface area contributed by atoms with Gasteiger partial charge in [0.15, 0.2) is 0 Å². The number of hydrogen-bond donors (Lipinski definition) is 1. The molecule has 0 fully saturated rings. The highest BCUT2D eigenvalue weighted by Gasteiger charge is 2.11. The minimum atomic E-state index is -0.293. The zero-order valence-corrected chi connectivity index (χ0v) is 15.7. The lowest BCUT2D eigenvalue weighted by atomic mass is 10.2. The van der Waals surface area contributed by atoms with Crippen LogP contribution < -0.4 is 5.43 Å². The first-order chi connectivity index (χ1) is 12.5. The molecule has 0 saturated heterocycles. The van der Waals surface area contributed by atoms with Gasteiger partial charge in [-0.25, -0.2) is 5.43 Å². The van der Waals surface area contributed by atoms with Crippen molar-refractivity contribution in [2.45, 2.75) is 13.8 Å². The Labute approximate surface area is 161 Å². The standard InChI is InChI=1S/C19H16Cl2N4O/c1-12-7-15(11-23-24-19(26)14-3-5-22-6-4-14)13(2)25(12)18-9-16(20)8-17(21)10-18/h3-11H,1-2H3,(H,24,26)/b23-11-. The fourth-order valence-corrected chi connectivity index (χ4v) is 3.23. The van der Waals surface area contributed by atoms with Gasteiger partial charge in [-0.05, 0) is 50.2 Å². The average molecular weight is 387 g/mol. The van der Waals surface area contributed by atoms with E-state index >= 15 is 0 Å². The van der Waals surface area contributed by atoms with Gasteiger partial charge in [-0.2, -0.15) is 5.10 Å². The van der Waals surface area contributed by atoms with Crippen LogP contribution in [0.25, 0.3) is 5.69 Å². The first-order valence-electron chi connectivity index (χ1n) is 7.84. The minimum Gasteiger partial charge on any atom is -0.318 e. The molecular weight excluding hydrogens is 371 g/mol. The average Bonchev–Trinajstić information content (AvgIpc) is 2.88. The van der Waals surface area contributed by atoms with Crippen LogP contribution in [-0.4, -0.2) is 21.7 Å². The van der Waals surface area contributed by atoms with Crippen molar-refractivity contribution < 1.29 is 4.79 Å². The Hall–Kier alpha value is -2.63. The number of pyridine rings is 1. The van der Waals surface area contributed by atoms with Gasteiger partial charge in [-0.15, -0.1) is 0 Å². The van der Waals surface area contributed by atoms with Crippen molar-refractivity contribution in [3.05, 3.63) is 81.4 Å². The number of hydrogen-bond acceptors (Lipinski definition) is 3. The van der Waals surface area contributed by atoms with Gasteiger partial charge in [-0.1, -0.05) is 23.2 Å². The lowest BCUT2D eigenvalue weighted by Crippen LogP contribution is -2.17. The zero-order chi connectivity index (χ0) is 18.7. The van der Waals surface area contributed by atoms with E-state index < -0.39 is 0 Å². The van der Waals surface area contributed by atoms with E-state index in [2.05, 4.69) is 15.5 Å². The molecule has 7 heteroatoms. The summed E-state index contributed by atoms with van der Waals surface area (Å²) in [6.07, 6.45) is 4.73. The number of rotatable bonds is 4. The Kier molecular flexibility index (Phi) is 5.40. The highest BCUT2D eigenvalue weighted by molar-refractivity contribution is 6.34. The number of aryl methyl sites for hydroxylation is 1. The van der Waals surface area contributed by atoms with Crippen molar-refractivity contribution in [2.75, 3.05) is 0 Å². The molecular formula is C19H16Cl2N4O. The second-order valence-electron chi connectivity index (χ2n) is 5.72. The van der Waals surface area contributed by atoms with E-state index in [1.807, 2.05) is 36.6 Å². The fraction of sp³-hybridized carbons (Fsp3) is 0.105. The maximum absolute atomic E-state index is 12.0. The lowest BCUT2D eigenvalue weighted by Gasteiger charge is -2.10. The maximum Gasteiger partial charge on any atom is 0.271 e. The van der Waals surface area contributed by atoms with Crippen molar-refractivity contribution in [1.29, 1.82) is 0 Å². The van der Waals surface area contributed by atoms with Crippen molar-refractivity contribution in [3.63, 3.8) is 0 Å². The molecule has 0 bridgehead atoms. The Balaban J connectivity index is 1.83. The number of amides is 1. The van der Waals surface area contributed by atoms with Crippen molar-refractivity contribution in [3.8, 4) is 5.69 Å². The van der Waals surface area contributed by atoms with E-state index in [4.69, 9.17) is 23.2 Å². The van der Waals surface area contributed by atoms with Crippen LogP contribution in [0.2, 0.25) is 10.0 Å². The Bertz CT molecular complexity index is 960. The lowest BCUT2D eigenvalue weighted by molar-refractivity contribution is 0.0955. The first-order valence-corrected chi connectivity index (χ1v) is 8.60. The molecule has 2 aromatic heterocycles. The van der Waals surface area contributed by atoms with E-state index in [1.54, 1.807) is 36.8 Å². The molecule has 0 unspecified atom stereocenters. The fourth-order valence-electron chi connectivity index (χ4n) is 2.71. The molecule has 1 N–H and O–H groups in total. The van der Waals surface area contributed by atoms with Crippen LogP contribution in [0.5, 0.6) is 0 Å². The molecule has 26 heavy (non-hydrogen) atoms. The van der Waals surface area contributed by atoms with Gasteiger partial charge in [0.1, 0.15) is 0 Å². The SMILES string of the molecule is Cc1cc(/C=N\NC(=O)c2ccncc2)c(C)n1-c1cc(Cl)cc(Cl)c1. The summed E-state index contributed by atoms with van der Waals surface area (Å²) in [5.41, 5.74) is 6.73. The van der Waals surface area contributed by atoms with Crippen molar-refractivity contribution in [2.24, 2.45) is 5.10 Å². The summed E-state index contributed by atoms with van der Waals surface area (Å²) in [6, 6.07) is 10.6. The topological polar surface area (TPSA) is 59.3 Å². The highest BCUT2D eigenvalue weighted by atomic mass is 35.5. The van der Waals surface area contributed by atoms with E-state index in [-0.39, 0.29) is 5.91 Å². The molecule has 5 nitrogen and oxygen atoms in total. The monoisotopic (exact) mass is 386 g/mol. The number of nitrogens with one attached hydrogen (secondary N) is 1. The second-order valence-corrected chi connectivity index (χ2v) is 6.60. The summed E-state index contributed by atoms with van der Waals surface area (Å²) >= 11 is 12.2. The Morgan fingerprint density at radius 2 is 1.77 bits per heavy atom. The summed E-state index contributed by atoms with van der Waals surface area (Å²) < 4.78 is 2.03. The molecule has 0 saturated carbocycles. The van der Waals surface area contributed by atoms with E-state index in [0.29, 0.717) is 15.6 Å². The van der Waals surface area contributed by atoms with Gasteiger partial charge in [-0.3, -0.25) is 9.78 Å². The third kappa shape index (κ3) is 3.95. The molecule has 0 spiro atoms. The number of hydrazone groups is 1. The number of nitrogens with zero attached hydrogens (tertiary/aromatic N) is 3. The summed E-state index contributed by atoms with van der Waals surface area (Å²) in [5, 5.41) is 5.19. The first kappa shape index (κ1) is 18.2. The minimum absolute atomic E-state index is 0.293. The molecule has 3 aromatic rings. The van der Waals surface area contributed by atoms with Gasteiger partial charge >= 0.3 is 0 Å². The van der Waals surface area contributed by atoms with Crippen LogP contribution in [0.15, 0.2) is 53.9 Å². The molecule has 132 valence electrons. The molecule has 1 aromatic carbocycles. The van der Waals surface area contributed by atoms with E-state index in [1.165, 1.54) is 0 Å². The molecule has 2 heterocycles. The Morgan fingerprint density at radius 3 is 2.42 bits per heavy atom. The summed E-state index contributed by atoms with van der Waals surface area (Å²) in [6.45, 7) is 3.95. The normalized spacial score (nSPS) is 11.1. The highest BCUT2D eigenvalue weighted by Crippen LogP contribution is 2.25. The molecule has 0 atom stereocenters. The van der Waals surface area contributed by atoms with Gasteiger partial charge in [0.2, 0.25) is 0 Å². The molecule has 0 aliphatic carbocycles. The number of benzene rings is 1. The molecule has 3 rings (SSSR count). The van der Waals surface area contributed by atoms with Crippen LogP contribution in [0.1, 0.15) is 27.3 Å². The predicted molar refractivity (Wildman–Crippen MR) is 105 cm³/mol. The molecule has 0 aliphatic rings. The molecule has 1 amide bonds. The quantitative estimate of drug-likeness (QED) is 0.527. The number of halogens is 2. The van der Waals surface area contributed by atoms with Crippen molar-refractivity contribution in [1.82, 2.24) is 15.0 Å². The second kappa shape index (κ2) is 7.72. The zero-order valence-electron chi connectivity index (χ0n) is 14.2. The summed E-state index contributed by atoms with van der Waals surface area (Å²) in [4.78, 5) is 15.9. The van der Waals surface area contributed by atoms with E-state index in [9.17, 15) is 4.79 Å². The van der Waals surface area contributed by atoms with Crippen LogP contribution in [-0.2, 0) is 0 Å². The molecule has 0 aliphatic heterocycles. The van der Waals surface area contributed by atoms with Gasteiger partial charge in [0.25, 0.3) is 5.91 Å². The van der Waals surface area contributed by atoms with Crippen LogP contribution in [0.3, 0.4) is 0 Å².